The highest BCUT2D eigenvalue weighted by molar-refractivity contribution is 7.14. The third-order valence-electron chi connectivity index (χ3n) is 2.83. The van der Waals surface area contributed by atoms with Gasteiger partial charge in [-0.15, -0.1) is 11.3 Å². The van der Waals surface area contributed by atoms with E-state index in [0.717, 1.165) is 5.69 Å². The summed E-state index contributed by atoms with van der Waals surface area (Å²) in [5.41, 5.74) is 2.73. The maximum atomic E-state index is 13.1. The lowest BCUT2D eigenvalue weighted by molar-refractivity contribution is 0.214. The molecule has 3 aromatic rings. The number of benzene rings is 2. The van der Waals surface area contributed by atoms with E-state index in [9.17, 15) is 9.18 Å². The summed E-state index contributed by atoms with van der Waals surface area (Å²) >= 11 is 1.31. The Labute approximate surface area is 135 Å². The summed E-state index contributed by atoms with van der Waals surface area (Å²) in [6, 6.07) is 15.0. The van der Waals surface area contributed by atoms with Crippen LogP contribution >= 0.6 is 11.3 Å². The zero-order valence-electron chi connectivity index (χ0n) is 11.8. The molecule has 2 aromatic carbocycles. The van der Waals surface area contributed by atoms with Gasteiger partial charge in [-0.3, -0.25) is 5.32 Å². The third kappa shape index (κ3) is 4.04. The van der Waals surface area contributed by atoms with E-state index in [4.69, 9.17) is 4.74 Å². The van der Waals surface area contributed by atoms with E-state index in [-0.39, 0.29) is 5.88 Å². The molecule has 1 amide bonds. The topological polar surface area (TPSA) is 63.2 Å². The highest BCUT2D eigenvalue weighted by Crippen LogP contribution is 2.31. The predicted octanol–water partition coefficient (Wildman–Crippen LogP) is 4.64. The molecular weight excluding hydrogens is 317 g/mol. The quantitative estimate of drug-likeness (QED) is 0.732. The van der Waals surface area contributed by atoms with Crippen molar-refractivity contribution in [1.29, 1.82) is 0 Å². The van der Waals surface area contributed by atoms with Gasteiger partial charge in [0.05, 0.1) is 5.51 Å². The van der Waals surface area contributed by atoms with Crippen molar-refractivity contribution in [3.8, 4) is 5.88 Å². The van der Waals surface area contributed by atoms with Crippen LogP contribution in [-0.4, -0.2) is 11.1 Å². The molecule has 0 atom stereocenters. The molecule has 3 rings (SSSR count). The van der Waals surface area contributed by atoms with Crippen LogP contribution in [0.5, 0.6) is 5.88 Å². The Morgan fingerprint density at radius 2 is 1.87 bits per heavy atom. The molecule has 0 radical (unpaired) electrons. The number of para-hydroxylation sites is 1. The molecule has 0 saturated carbocycles. The van der Waals surface area contributed by atoms with Crippen LogP contribution in [0.2, 0.25) is 0 Å². The highest BCUT2D eigenvalue weighted by atomic mass is 32.1. The van der Waals surface area contributed by atoms with Gasteiger partial charge in [-0.05, 0) is 30.3 Å². The van der Waals surface area contributed by atoms with Crippen molar-refractivity contribution >= 4 is 33.8 Å². The molecule has 0 saturated heterocycles. The fourth-order valence-corrected chi connectivity index (χ4v) is 2.47. The number of thiazole rings is 1. The second-order valence-corrected chi connectivity index (χ2v) is 5.36. The molecule has 0 unspecified atom stereocenters. The summed E-state index contributed by atoms with van der Waals surface area (Å²) in [7, 11) is 0. The molecule has 0 aliphatic rings. The van der Waals surface area contributed by atoms with E-state index in [2.05, 4.69) is 15.6 Å². The van der Waals surface area contributed by atoms with Crippen LogP contribution in [0.15, 0.2) is 60.1 Å². The lowest BCUT2D eigenvalue weighted by Gasteiger charge is -2.08. The Morgan fingerprint density at radius 1 is 1.09 bits per heavy atom. The molecule has 1 aromatic heterocycles. The van der Waals surface area contributed by atoms with E-state index in [1.165, 1.54) is 29.5 Å². The highest BCUT2D eigenvalue weighted by Gasteiger charge is 2.13. The summed E-state index contributed by atoms with van der Waals surface area (Å²) in [5, 5.41) is 6.17. The average Bonchev–Trinajstić information content (AvgIpc) is 2.95. The number of hydrogen-bond acceptors (Lipinski definition) is 5. The molecule has 0 spiro atoms. The number of nitrogens with one attached hydrogen (secondary N) is 2. The van der Waals surface area contributed by atoms with Crippen molar-refractivity contribution in [2.75, 3.05) is 10.6 Å². The Morgan fingerprint density at radius 3 is 2.65 bits per heavy atom. The van der Waals surface area contributed by atoms with E-state index >= 15 is 0 Å². The minimum absolute atomic E-state index is 0.160. The van der Waals surface area contributed by atoms with Gasteiger partial charge in [0.1, 0.15) is 5.82 Å². The molecule has 0 fully saturated rings. The van der Waals surface area contributed by atoms with Gasteiger partial charge in [0.15, 0.2) is 5.00 Å². The lowest BCUT2D eigenvalue weighted by atomic mass is 10.3. The number of halogens is 1. The van der Waals surface area contributed by atoms with Crippen molar-refractivity contribution in [2.24, 2.45) is 0 Å². The van der Waals surface area contributed by atoms with E-state index in [1.807, 2.05) is 30.3 Å². The molecule has 1 heterocycles. The molecule has 0 aliphatic carbocycles. The Balaban J connectivity index is 1.66. The fraction of sp³-hybridized carbons (Fsp3) is 0. The van der Waals surface area contributed by atoms with Crippen LogP contribution in [0.3, 0.4) is 0 Å². The second-order valence-electron chi connectivity index (χ2n) is 4.50. The van der Waals surface area contributed by atoms with Crippen molar-refractivity contribution in [2.45, 2.75) is 0 Å². The summed E-state index contributed by atoms with van der Waals surface area (Å²) in [5.74, 6) is -0.282. The lowest BCUT2D eigenvalue weighted by Crippen LogP contribution is -2.17. The molecule has 0 aliphatic heterocycles. The first-order valence-electron chi connectivity index (χ1n) is 6.71. The number of amides is 1. The van der Waals surface area contributed by atoms with Gasteiger partial charge in [-0.25, -0.2) is 14.2 Å². The molecule has 0 bridgehead atoms. The normalized spacial score (nSPS) is 10.1. The number of rotatable bonds is 4. The fourth-order valence-electron chi connectivity index (χ4n) is 1.84. The van der Waals surface area contributed by atoms with Gasteiger partial charge in [-0.1, -0.05) is 24.3 Å². The number of aromatic nitrogens is 1. The number of carbonyl (C=O) groups excluding carboxylic acids is 1. The molecular formula is C16H12FN3O2S. The Hall–Kier alpha value is -2.93. The van der Waals surface area contributed by atoms with Crippen molar-refractivity contribution < 1.29 is 13.9 Å². The minimum atomic E-state index is -0.738. The standard InChI is InChI=1S/C16H12FN3O2S/c17-11-5-4-8-13(9-11)20-16(21)22-14-15(23-10-18-14)19-12-6-2-1-3-7-12/h1-10,19H,(H,20,21). The zero-order chi connectivity index (χ0) is 16.1. The van der Waals surface area contributed by atoms with Gasteiger partial charge in [0.2, 0.25) is 0 Å². The number of hydrogen-bond donors (Lipinski definition) is 2. The van der Waals surface area contributed by atoms with Gasteiger partial charge < -0.3 is 10.1 Å². The van der Waals surface area contributed by atoms with Crippen molar-refractivity contribution in [3.05, 3.63) is 65.9 Å². The largest absolute Gasteiger partial charge is 0.418 e. The van der Waals surface area contributed by atoms with Crippen LogP contribution < -0.4 is 15.4 Å². The van der Waals surface area contributed by atoms with E-state index in [1.54, 1.807) is 11.6 Å². The Bertz CT molecular complexity index is 808. The Kier molecular flexibility index (Phi) is 4.49. The summed E-state index contributed by atoms with van der Waals surface area (Å²) in [6.45, 7) is 0. The molecule has 7 heteroatoms. The molecule has 5 nitrogen and oxygen atoms in total. The average molecular weight is 329 g/mol. The first kappa shape index (κ1) is 15.0. The maximum Gasteiger partial charge on any atom is 0.418 e. The summed E-state index contributed by atoms with van der Waals surface area (Å²) in [4.78, 5) is 15.9. The predicted molar refractivity (Wildman–Crippen MR) is 87.9 cm³/mol. The van der Waals surface area contributed by atoms with Crippen LogP contribution in [0.1, 0.15) is 0 Å². The van der Waals surface area contributed by atoms with Crippen molar-refractivity contribution in [3.63, 3.8) is 0 Å². The van der Waals surface area contributed by atoms with Crippen LogP contribution in [0, 0.1) is 5.82 Å². The first-order valence-corrected chi connectivity index (χ1v) is 7.58. The van der Waals surface area contributed by atoms with Crippen LogP contribution in [0.4, 0.5) is 25.6 Å². The SMILES string of the molecule is O=C(Nc1cccc(F)c1)Oc1ncsc1Nc1ccccc1. The van der Waals surface area contributed by atoms with E-state index < -0.39 is 11.9 Å². The number of ether oxygens (including phenoxy) is 1. The van der Waals surface area contributed by atoms with Gasteiger partial charge in [-0.2, -0.15) is 0 Å². The smallest absolute Gasteiger partial charge is 0.388 e. The first-order chi connectivity index (χ1) is 11.2. The number of anilines is 3. The molecule has 2 N–H and O–H groups in total. The second kappa shape index (κ2) is 6.89. The third-order valence-corrected chi connectivity index (χ3v) is 3.55. The zero-order valence-corrected chi connectivity index (χ0v) is 12.6. The molecule has 116 valence electrons. The molecule has 23 heavy (non-hydrogen) atoms. The monoisotopic (exact) mass is 329 g/mol. The number of carbonyl (C=O) groups is 1. The van der Waals surface area contributed by atoms with Crippen molar-refractivity contribution in [1.82, 2.24) is 4.98 Å². The maximum absolute atomic E-state index is 13.1. The number of nitrogens with zero attached hydrogens (tertiary/aromatic N) is 1. The van der Waals surface area contributed by atoms with Gasteiger partial charge >= 0.3 is 6.09 Å². The van der Waals surface area contributed by atoms with Gasteiger partial charge in [0.25, 0.3) is 5.88 Å². The minimum Gasteiger partial charge on any atom is -0.388 e. The summed E-state index contributed by atoms with van der Waals surface area (Å²) < 4.78 is 18.3. The van der Waals surface area contributed by atoms with Crippen LogP contribution in [-0.2, 0) is 0 Å². The van der Waals surface area contributed by atoms with E-state index in [0.29, 0.717) is 10.7 Å². The van der Waals surface area contributed by atoms with Gasteiger partial charge in [0, 0.05) is 11.4 Å². The summed E-state index contributed by atoms with van der Waals surface area (Å²) in [6.07, 6.45) is -0.738. The van der Waals surface area contributed by atoms with Crippen LogP contribution in [0.25, 0.3) is 0 Å².